The molecule has 0 atom stereocenters. The number of carbonyl (C=O) groups is 2. The normalized spacial score (nSPS) is 16.6. The van der Waals surface area contributed by atoms with Gasteiger partial charge in [-0.2, -0.15) is 0 Å². The van der Waals surface area contributed by atoms with Crippen molar-refractivity contribution >= 4 is 49.8 Å². The lowest BCUT2D eigenvalue weighted by molar-refractivity contribution is -0.130. The molecule has 4 aromatic carbocycles. The lowest BCUT2D eigenvalue weighted by Crippen LogP contribution is -2.12. The predicted molar refractivity (Wildman–Crippen MR) is 165 cm³/mol. The smallest absolute Gasteiger partial charge is 0.239 e. The molecule has 0 fully saturated rings. The molecule has 0 unspecified atom stereocenters. The third-order valence-electron chi connectivity index (χ3n) is 8.88. The first kappa shape index (κ1) is 23.6. The van der Waals surface area contributed by atoms with E-state index in [1.54, 1.807) is 0 Å². The predicted octanol–water partition coefficient (Wildman–Crippen LogP) is 8.51. The number of benzene rings is 4. The fourth-order valence-corrected chi connectivity index (χ4v) is 7.31. The van der Waals surface area contributed by atoms with Crippen LogP contribution in [0, 0.1) is 6.92 Å². The molecule has 0 radical (unpaired) electrons. The summed E-state index contributed by atoms with van der Waals surface area (Å²) in [5.74, 6) is -1.67. The van der Waals surface area contributed by atoms with Crippen LogP contribution < -0.4 is 0 Å². The maximum absolute atomic E-state index is 13.7. The second-order valence-corrected chi connectivity index (χ2v) is 11.2. The summed E-state index contributed by atoms with van der Waals surface area (Å²) in [6, 6.07) is 24.5. The Morgan fingerprint density at radius 1 is 0.707 bits per heavy atom. The van der Waals surface area contributed by atoms with Crippen molar-refractivity contribution in [2.45, 2.75) is 20.8 Å². The third-order valence-corrected chi connectivity index (χ3v) is 8.88. The Morgan fingerprint density at radius 3 is 1.80 bits per heavy atom. The molecule has 0 saturated heterocycles. The van der Waals surface area contributed by atoms with E-state index in [2.05, 4.69) is 48.0 Å². The van der Waals surface area contributed by atoms with Crippen LogP contribution in [0.3, 0.4) is 0 Å². The van der Waals surface area contributed by atoms with Gasteiger partial charge in [0.2, 0.25) is 11.6 Å². The van der Waals surface area contributed by atoms with Crippen LogP contribution >= 0.6 is 0 Å². The van der Waals surface area contributed by atoms with E-state index in [1.807, 2.05) is 57.2 Å². The first-order valence-electron chi connectivity index (χ1n) is 13.7. The van der Waals surface area contributed by atoms with Crippen LogP contribution in [0.4, 0.5) is 0 Å². The standard InChI is InChI=1S/C37H25NO3/c1-17(2)26-22-13-5-9-20-10-6-14-23(30(20)22)27(26)18(3)28-35(39)33(37(41)36(28)40)34-32-25-16-8-12-21-11-7-15-24(31(21)25)29(32)19(4)38-34/h5-16,38-39H,1H2,2-4H3/b28-18-. The first-order valence-corrected chi connectivity index (χ1v) is 13.7. The number of aliphatic hydroxyl groups excluding tert-OH is 1. The van der Waals surface area contributed by atoms with Gasteiger partial charge in [0.15, 0.2) is 0 Å². The van der Waals surface area contributed by atoms with Gasteiger partial charge in [-0.25, -0.2) is 0 Å². The van der Waals surface area contributed by atoms with Crippen molar-refractivity contribution in [3.05, 3.63) is 124 Å². The van der Waals surface area contributed by atoms with Crippen LogP contribution in [-0.4, -0.2) is 21.7 Å². The largest absolute Gasteiger partial charge is 0.506 e. The van der Waals surface area contributed by atoms with E-state index < -0.39 is 11.6 Å². The highest BCUT2D eigenvalue weighted by Crippen LogP contribution is 2.54. The summed E-state index contributed by atoms with van der Waals surface area (Å²) >= 11 is 0. The molecule has 0 spiro atoms. The summed E-state index contributed by atoms with van der Waals surface area (Å²) in [4.78, 5) is 30.8. The number of aromatic amines is 1. The molecule has 4 heteroatoms. The molecule has 3 aliphatic rings. The van der Waals surface area contributed by atoms with Crippen molar-refractivity contribution in [1.29, 1.82) is 0 Å². The van der Waals surface area contributed by atoms with Crippen LogP contribution in [0.1, 0.15) is 36.4 Å². The van der Waals surface area contributed by atoms with Gasteiger partial charge in [0, 0.05) is 16.8 Å². The van der Waals surface area contributed by atoms with Crippen molar-refractivity contribution in [2.24, 2.45) is 0 Å². The van der Waals surface area contributed by atoms with E-state index >= 15 is 0 Å². The average molecular weight is 532 g/mol. The van der Waals surface area contributed by atoms with Crippen LogP contribution in [0.2, 0.25) is 0 Å². The summed E-state index contributed by atoms with van der Waals surface area (Å²) in [6.07, 6.45) is 0. The summed E-state index contributed by atoms with van der Waals surface area (Å²) in [5.41, 5.74) is 10.6. The zero-order valence-corrected chi connectivity index (χ0v) is 22.9. The van der Waals surface area contributed by atoms with Gasteiger partial charge in [-0.15, -0.1) is 0 Å². The number of carbonyl (C=O) groups excluding carboxylic acids is 2. The number of rotatable bonds is 3. The Hall–Kier alpha value is -5.22. The first-order chi connectivity index (χ1) is 19.8. The molecular weight excluding hydrogens is 506 g/mol. The van der Waals surface area contributed by atoms with Crippen molar-refractivity contribution in [3.63, 3.8) is 0 Å². The molecule has 5 aromatic rings. The Balaban J connectivity index is 1.40. The monoisotopic (exact) mass is 531 g/mol. The zero-order valence-electron chi connectivity index (χ0n) is 22.9. The summed E-state index contributed by atoms with van der Waals surface area (Å²) in [5, 5.41) is 16.2. The van der Waals surface area contributed by atoms with Gasteiger partial charge < -0.3 is 10.1 Å². The number of Topliss-reactive ketones (excluding diaryl/α,β-unsaturated/α-hetero) is 2. The Morgan fingerprint density at radius 2 is 1.22 bits per heavy atom. The van der Waals surface area contributed by atoms with Gasteiger partial charge in [0.1, 0.15) is 5.76 Å². The number of allylic oxidation sites excluding steroid dienone is 6. The van der Waals surface area contributed by atoms with E-state index in [9.17, 15) is 14.7 Å². The molecule has 0 saturated carbocycles. The quantitative estimate of drug-likeness (QED) is 0.178. The molecule has 41 heavy (non-hydrogen) atoms. The van der Waals surface area contributed by atoms with Crippen LogP contribution in [0.25, 0.3) is 60.5 Å². The number of aromatic nitrogens is 1. The molecule has 0 aliphatic heterocycles. The number of aliphatic hydroxyl groups is 1. The van der Waals surface area contributed by atoms with Crippen molar-refractivity contribution in [1.82, 2.24) is 4.98 Å². The number of hydrogen-bond donors (Lipinski definition) is 2. The summed E-state index contributed by atoms with van der Waals surface area (Å²) in [7, 11) is 0. The highest BCUT2D eigenvalue weighted by Gasteiger charge is 2.43. The topological polar surface area (TPSA) is 70.2 Å². The van der Waals surface area contributed by atoms with Crippen molar-refractivity contribution < 1.29 is 14.7 Å². The van der Waals surface area contributed by atoms with Gasteiger partial charge in [0.05, 0.1) is 16.8 Å². The zero-order chi connectivity index (χ0) is 28.3. The number of hydrogen-bond acceptors (Lipinski definition) is 3. The van der Waals surface area contributed by atoms with Gasteiger partial charge in [-0.3, -0.25) is 9.59 Å². The van der Waals surface area contributed by atoms with Crippen LogP contribution in [0.15, 0.2) is 102 Å². The number of H-pyrrole nitrogens is 1. The minimum atomic E-state index is -0.699. The second-order valence-electron chi connectivity index (χ2n) is 11.2. The molecule has 196 valence electrons. The number of nitrogens with one attached hydrogen (secondary N) is 1. The van der Waals surface area contributed by atoms with E-state index in [4.69, 9.17) is 0 Å². The molecule has 2 N–H and O–H groups in total. The molecular formula is C37H25NO3. The molecule has 3 aliphatic carbocycles. The molecule has 0 amide bonds. The molecule has 0 bridgehead atoms. The highest BCUT2D eigenvalue weighted by molar-refractivity contribution is 6.63. The fourth-order valence-electron chi connectivity index (χ4n) is 7.31. The lowest BCUT2D eigenvalue weighted by atomic mass is 9.90. The maximum atomic E-state index is 13.7. The van der Waals surface area contributed by atoms with E-state index in [-0.39, 0.29) is 16.9 Å². The van der Waals surface area contributed by atoms with E-state index in [0.29, 0.717) is 11.3 Å². The second kappa shape index (κ2) is 7.92. The number of aryl methyl sites for hydroxylation is 1. The van der Waals surface area contributed by atoms with Gasteiger partial charge in [0.25, 0.3) is 0 Å². The molecule has 4 nitrogen and oxygen atoms in total. The van der Waals surface area contributed by atoms with E-state index in [0.717, 1.165) is 77.3 Å². The minimum Gasteiger partial charge on any atom is -0.506 e. The third kappa shape index (κ3) is 2.84. The van der Waals surface area contributed by atoms with Crippen molar-refractivity contribution in [3.8, 4) is 22.3 Å². The average Bonchev–Trinajstić information content (AvgIpc) is 3.65. The Bertz CT molecular complexity index is 2220. The van der Waals surface area contributed by atoms with Crippen LogP contribution in [-0.2, 0) is 9.59 Å². The van der Waals surface area contributed by atoms with Crippen LogP contribution in [0.5, 0.6) is 0 Å². The van der Waals surface area contributed by atoms with Gasteiger partial charge in [-0.1, -0.05) is 79.4 Å². The lowest BCUT2D eigenvalue weighted by Gasteiger charge is -2.13. The summed E-state index contributed by atoms with van der Waals surface area (Å²) in [6.45, 7) is 9.99. The van der Waals surface area contributed by atoms with E-state index in [1.165, 1.54) is 0 Å². The highest BCUT2D eigenvalue weighted by atomic mass is 16.3. The van der Waals surface area contributed by atoms with Gasteiger partial charge >= 0.3 is 0 Å². The minimum absolute atomic E-state index is 0.0321. The maximum Gasteiger partial charge on any atom is 0.239 e. The number of fused-ring (bicyclic) bond motifs is 3. The molecule has 1 aromatic heterocycles. The molecule has 8 rings (SSSR count). The number of ketones is 2. The molecule has 1 heterocycles. The fraction of sp³-hybridized carbons (Fsp3) is 0.0811. The Kier molecular flexibility index (Phi) is 4.57. The SMILES string of the molecule is C=C(C)C1=C(/C(C)=C2\C(=O)C(=O)C(c3[nH]c(C)c4c3-c3cccc5cccc-4c35)=C2O)c2cccc3cccc1c23. The Labute approximate surface area is 236 Å². The van der Waals surface area contributed by atoms with Crippen molar-refractivity contribution in [2.75, 3.05) is 0 Å². The van der Waals surface area contributed by atoms with Gasteiger partial charge in [-0.05, 0) is 86.9 Å². The summed E-state index contributed by atoms with van der Waals surface area (Å²) < 4.78 is 0.